The van der Waals surface area contributed by atoms with Crippen molar-refractivity contribution in [3.05, 3.63) is 27.9 Å². The van der Waals surface area contributed by atoms with E-state index in [9.17, 15) is 14.9 Å². The molecule has 0 aromatic carbocycles. The lowest BCUT2D eigenvalue weighted by molar-refractivity contribution is -0.386. The summed E-state index contributed by atoms with van der Waals surface area (Å²) >= 11 is 0. The van der Waals surface area contributed by atoms with Gasteiger partial charge in [-0.2, -0.15) is 5.26 Å². The van der Waals surface area contributed by atoms with Crippen molar-refractivity contribution in [2.45, 2.75) is 12.3 Å². The maximum Gasteiger partial charge on any atom is 0.307 e. The summed E-state index contributed by atoms with van der Waals surface area (Å²) in [5.41, 5.74) is -0.450. The molecule has 0 aliphatic heterocycles. The van der Waals surface area contributed by atoms with Crippen LogP contribution < -0.4 is 4.74 Å². The summed E-state index contributed by atoms with van der Waals surface area (Å²) in [6.45, 7) is 0. The maximum atomic E-state index is 11.2. The molecule has 0 aliphatic rings. The maximum absolute atomic E-state index is 11.2. The van der Waals surface area contributed by atoms with E-state index in [1.807, 2.05) is 0 Å². The van der Waals surface area contributed by atoms with E-state index in [2.05, 4.69) is 9.72 Å². The van der Waals surface area contributed by atoms with Gasteiger partial charge in [-0.05, 0) is 0 Å². The Morgan fingerprint density at radius 3 is 2.74 bits per heavy atom. The van der Waals surface area contributed by atoms with Crippen molar-refractivity contribution in [2.24, 2.45) is 0 Å². The van der Waals surface area contributed by atoms with Crippen molar-refractivity contribution >= 4 is 11.7 Å². The predicted octanol–water partition coefficient (Wildman–Crippen LogP) is 1.17. The van der Waals surface area contributed by atoms with E-state index in [0.717, 1.165) is 0 Å². The SMILES string of the molecule is COC(=O)CC(C#N)c1nc(OC)ccc1[N+](=O)[O-]. The molecule has 8 nitrogen and oxygen atoms in total. The highest BCUT2D eigenvalue weighted by molar-refractivity contribution is 5.71. The van der Waals surface area contributed by atoms with Gasteiger partial charge in [0, 0.05) is 12.1 Å². The lowest BCUT2D eigenvalue weighted by atomic mass is 10.0. The molecule has 1 heterocycles. The Labute approximate surface area is 108 Å². The third-order valence-electron chi connectivity index (χ3n) is 2.37. The Morgan fingerprint density at radius 1 is 1.58 bits per heavy atom. The average molecular weight is 265 g/mol. The van der Waals surface area contributed by atoms with Crippen LogP contribution in [0.15, 0.2) is 12.1 Å². The van der Waals surface area contributed by atoms with Gasteiger partial charge in [0.1, 0.15) is 11.6 Å². The topological polar surface area (TPSA) is 115 Å². The van der Waals surface area contributed by atoms with Crippen molar-refractivity contribution in [1.29, 1.82) is 5.26 Å². The molecule has 1 atom stereocenters. The minimum absolute atomic E-state index is 0.114. The van der Waals surface area contributed by atoms with Crippen LogP contribution in [-0.4, -0.2) is 30.1 Å². The van der Waals surface area contributed by atoms with Crippen LogP contribution in [0.4, 0.5) is 5.69 Å². The number of aromatic nitrogens is 1. The molecule has 0 radical (unpaired) electrons. The Morgan fingerprint density at radius 2 is 2.26 bits per heavy atom. The lowest BCUT2D eigenvalue weighted by Gasteiger charge is -2.09. The van der Waals surface area contributed by atoms with Crippen LogP contribution in [0.1, 0.15) is 18.0 Å². The van der Waals surface area contributed by atoms with Crippen molar-refractivity contribution in [3.8, 4) is 11.9 Å². The summed E-state index contributed by atoms with van der Waals surface area (Å²) in [5.74, 6) is -1.58. The lowest BCUT2D eigenvalue weighted by Crippen LogP contribution is -2.11. The second kappa shape index (κ2) is 6.30. The van der Waals surface area contributed by atoms with Gasteiger partial charge < -0.3 is 9.47 Å². The van der Waals surface area contributed by atoms with Gasteiger partial charge in [-0.3, -0.25) is 14.9 Å². The number of hydrogen-bond donors (Lipinski definition) is 0. The first-order valence-electron chi connectivity index (χ1n) is 5.19. The van der Waals surface area contributed by atoms with Crippen LogP contribution in [0, 0.1) is 21.4 Å². The van der Waals surface area contributed by atoms with Crippen LogP contribution in [0.25, 0.3) is 0 Å². The van der Waals surface area contributed by atoms with Crippen molar-refractivity contribution in [1.82, 2.24) is 4.98 Å². The number of esters is 1. The molecule has 100 valence electrons. The van der Waals surface area contributed by atoms with Crippen LogP contribution >= 0.6 is 0 Å². The van der Waals surface area contributed by atoms with E-state index in [1.54, 1.807) is 6.07 Å². The number of nitrogens with zero attached hydrogens (tertiary/aromatic N) is 3. The first kappa shape index (κ1) is 14.4. The molecule has 0 aliphatic carbocycles. The van der Waals surface area contributed by atoms with Gasteiger partial charge in [0.25, 0.3) is 5.69 Å². The predicted molar refractivity (Wildman–Crippen MR) is 62.4 cm³/mol. The van der Waals surface area contributed by atoms with Crippen molar-refractivity contribution in [3.63, 3.8) is 0 Å². The van der Waals surface area contributed by atoms with Crippen LogP contribution in [0.5, 0.6) is 5.88 Å². The second-order valence-electron chi connectivity index (χ2n) is 3.48. The molecule has 1 aromatic heterocycles. The molecule has 1 rings (SSSR count). The Hall–Kier alpha value is -2.69. The largest absolute Gasteiger partial charge is 0.481 e. The number of ether oxygens (including phenoxy) is 2. The van der Waals surface area contributed by atoms with E-state index < -0.39 is 16.8 Å². The van der Waals surface area contributed by atoms with E-state index >= 15 is 0 Å². The van der Waals surface area contributed by atoms with Crippen LogP contribution in [0.2, 0.25) is 0 Å². The summed E-state index contributed by atoms with van der Waals surface area (Å²) in [5, 5.41) is 19.9. The first-order chi connectivity index (χ1) is 9.03. The highest BCUT2D eigenvalue weighted by Gasteiger charge is 2.27. The zero-order valence-corrected chi connectivity index (χ0v) is 10.3. The Kier molecular flexibility index (Phi) is 4.76. The van der Waals surface area contributed by atoms with E-state index in [-0.39, 0.29) is 23.7 Å². The number of carbonyl (C=O) groups excluding carboxylic acids is 1. The summed E-state index contributed by atoms with van der Waals surface area (Å²) < 4.78 is 9.30. The van der Waals surface area contributed by atoms with Crippen molar-refractivity contribution < 1.29 is 19.2 Å². The number of methoxy groups -OCH3 is 2. The monoisotopic (exact) mass is 265 g/mol. The first-order valence-corrected chi connectivity index (χ1v) is 5.19. The number of carbonyl (C=O) groups is 1. The van der Waals surface area contributed by atoms with Gasteiger partial charge >= 0.3 is 5.97 Å². The molecular formula is C11H11N3O5. The van der Waals surface area contributed by atoms with Gasteiger partial charge in [0.15, 0.2) is 0 Å². The third kappa shape index (κ3) is 3.38. The third-order valence-corrected chi connectivity index (χ3v) is 2.37. The number of nitriles is 1. The van der Waals surface area contributed by atoms with Crippen molar-refractivity contribution in [2.75, 3.05) is 14.2 Å². The second-order valence-corrected chi connectivity index (χ2v) is 3.48. The Bertz CT molecular complexity index is 538. The average Bonchev–Trinajstić information content (AvgIpc) is 2.43. The summed E-state index contributed by atoms with van der Waals surface area (Å²) in [7, 11) is 2.52. The zero-order valence-electron chi connectivity index (χ0n) is 10.3. The molecule has 0 N–H and O–H groups in total. The number of nitro groups is 1. The van der Waals surface area contributed by atoms with Gasteiger partial charge in [-0.1, -0.05) is 0 Å². The fourth-order valence-electron chi connectivity index (χ4n) is 1.43. The van der Waals surface area contributed by atoms with E-state index in [1.165, 1.54) is 26.4 Å². The molecule has 1 aromatic rings. The molecule has 0 bridgehead atoms. The molecule has 0 saturated carbocycles. The normalized spacial score (nSPS) is 11.2. The fraction of sp³-hybridized carbons (Fsp3) is 0.364. The summed E-state index contributed by atoms with van der Waals surface area (Å²) in [4.78, 5) is 25.3. The number of pyridine rings is 1. The number of hydrogen-bond acceptors (Lipinski definition) is 7. The Balaban J connectivity index is 3.23. The molecular weight excluding hydrogens is 254 g/mol. The fourth-order valence-corrected chi connectivity index (χ4v) is 1.43. The minimum atomic E-state index is -1.07. The molecule has 1 unspecified atom stereocenters. The minimum Gasteiger partial charge on any atom is -0.481 e. The van der Waals surface area contributed by atoms with Gasteiger partial charge in [0.2, 0.25) is 5.88 Å². The highest BCUT2D eigenvalue weighted by atomic mass is 16.6. The van der Waals surface area contributed by atoms with E-state index in [4.69, 9.17) is 10.00 Å². The molecule has 0 saturated heterocycles. The van der Waals surface area contributed by atoms with Gasteiger partial charge in [-0.25, -0.2) is 4.98 Å². The summed E-state index contributed by atoms with van der Waals surface area (Å²) in [6, 6.07) is 4.30. The molecule has 19 heavy (non-hydrogen) atoms. The zero-order chi connectivity index (χ0) is 14.4. The van der Waals surface area contributed by atoms with Crippen LogP contribution in [0.3, 0.4) is 0 Å². The quantitative estimate of drug-likeness (QED) is 0.445. The number of rotatable bonds is 5. The smallest absolute Gasteiger partial charge is 0.307 e. The van der Waals surface area contributed by atoms with Gasteiger partial charge in [0.05, 0.1) is 31.6 Å². The van der Waals surface area contributed by atoms with E-state index in [0.29, 0.717) is 0 Å². The standard InChI is InChI=1S/C11H11N3O5/c1-18-9-4-3-8(14(16)17)11(13-9)7(6-12)5-10(15)19-2/h3-4,7H,5H2,1-2H3. The summed E-state index contributed by atoms with van der Waals surface area (Å²) in [6.07, 6.45) is -0.312. The highest BCUT2D eigenvalue weighted by Crippen LogP contribution is 2.29. The van der Waals surface area contributed by atoms with Gasteiger partial charge in [-0.15, -0.1) is 0 Å². The molecule has 8 heteroatoms. The molecule has 0 amide bonds. The van der Waals surface area contributed by atoms with Crippen LogP contribution in [-0.2, 0) is 9.53 Å². The molecule has 0 fully saturated rings. The molecule has 0 spiro atoms.